The molecule has 0 unspecified atom stereocenters. The smallest absolute Gasteiger partial charge is 0.305 e. The van der Waals surface area contributed by atoms with Gasteiger partial charge in [0.2, 0.25) is 0 Å². The van der Waals surface area contributed by atoms with E-state index in [1.165, 1.54) is 6.07 Å². The highest BCUT2D eigenvalue weighted by Gasteiger charge is 2.22. The topological polar surface area (TPSA) is 103 Å². The Morgan fingerprint density at radius 1 is 1.03 bits per heavy atom. The van der Waals surface area contributed by atoms with Crippen LogP contribution in [0.15, 0.2) is 36.7 Å². The van der Waals surface area contributed by atoms with Gasteiger partial charge >= 0.3 is 5.97 Å². The number of anilines is 3. The van der Waals surface area contributed by atoms with Crippen LogP contribution in [0.4, 0.5) is 21.7 Å². The number of halogens is 1. The van der Waals surface area contributed by atoms with Gasteiger partial charge in [-0.1, -0.05) is 6.07 Å². The number of ether oxygens (including phenoxy) is 2. The second-order valence-corrected chi connectivity index (χ2v) is 9.37. The summed E-state index contributed by atoms with van der Waals surface area (Å²) < 4.78 is 24.5. The number of carboxylic acid groups (broad SMARTS) is 1. The fourth-order valence-corrected chi connectivity index (χ4v) is 4.69. The van der Waals surface area contributed by atoms with Crippen LogP contribution in [0.1, 0.15) is 19.3 Å². The number of hydrogen-bond donors (Lipinski definition) is 2. The maximum Gasteiger partial charge on any atom is 0.305 e. The second-order valence-electron chi connectivity index (χ2n) is 9.37. The van der Waals surface area contributed by atoms with E-state index >= 15 is 0 Å². The van der Waals surface area contributed by atoms with Gasteiger partial charge in [0.1, 0.15) is 23.8 Å². The minimum absolute atomic E-state index is 0.0178. The number of aromatic nitrogens is 2. The molecule has 10 nitrogen and oxygen atoms in total. The summed E-state index contributed by atoms with van der Waals surface area (Å²) in [5.41, 5.74) is 0.919. The molecule has 1 atom stereocenters. The predicted molar refractivity (Wildman–Crippen MR) is 140 cm³/mol. The number of piperidine rings is 1. The van der Waals surface area contributed by atoms with Crippen molar-refractivity contribution in [3.05, 3.63) is 42.5 Å². The van der Waals surface area contributed by atoms with Crippen LogP contribution in [0.2, 0.25) is 0 Å². The van der Waals surface area contributed by atoms with Gasteiger partial charge in [-0.2, -0.15) is 0 Å². The van der Waals surface area contributed by atoms with Crippen LogP contribution in [-0.2, 0) is 14.3 Å². The standard InChI is InChI=1S/C26H37FN6O4/c27-21-3-1-5-23(17-21)33-7-2-4-22(19-33)30-24-18-25(29-20-28-24)32-10-8-31(9-11-32)12-14-37-16-15-36-13-6-26(34)35/h1,3,5,17-18,20,22H,2,4,6-16,19H2,(H,34,35)(H,28,29,30)/t22-/m1/s1. The highest BCUT2D eigenvalue weighted by atomic mass is 19.1. The van der Waals surface area contributed by atoms with Crippen molar-refractivity contribution in [2.45, 2.75) is 25.3 Å². The van der Waals surface area contributed by atoms with Gasteiger partial charge in [0.05, 0.1) is 32.8 Å². The van der Waals surface area contributed by atoms with E-state index in [2.05, 4.69) is 30.0 Å². The van der Waals surface area contributed by atoms with Crippen molar-refractivity contribution in [3.63, 3.8) is 0 Å². The third-order valence-corrected chi connectivity index (χ3v) is 6.68. The molecule has 0 bridgehead atoms. The van der Waals surface area contributed by atoms with E-state index in [0.717, 1.165) is 76.0 Å². The molecule has 1 aromatic heterocycles. The van der Waals surface area contributed by atoms with Gasteiger partial charge in [-0.3, -0.25) is 9.69 Å². The molecule has 4 rings (SSSR count). The van der Waals surface area contributed by atoms with Crippen molar-refractivity contribution in [1.82, 2.24) is 14.9 Å². The average molecular weight is 517 g/mol. The number of aliphatic carboxylic acids is 1. The third kappa shape index (κ3) is 8.80. The molecule has 0 aliphatic carbocycles. The Balaban J connectivity index is 1.17. The SMILES string of the molecule is O=C(O)CCOCCOCCN1CCN(c2cc(N[C@@H]3CCCN(c4cccc(F)c4)C3)ncn2)CC1. The fourth-order valence-electron chi connectivity index (χ4n) is 4.69. The van der Waals surface area contributed by atoms with Crippen molar-refractivity contribution in [2.24, 2.45) is 0 Å². The second kappa shape index (κ2) is 14.1. The molecule has 0 saturated carbocycles. The maximum absolute atomic E-state index is 13.7. The van der Waals surface area contributed by atoms with Crippen molar-refractivity contribution in [3.8, 4) is 0 Å². The number of nitrogens with zero attached hydrogens (tertiary/aromatic N) is 5. The number of nitrogens with one attached hydrogen (secondary N) is 1. The Bertz CT molecular complexity index is 991. The molecule has 3 heterocycles. The zero-order valence-electron chi connectivity index (χ0n) is 21.2. The highest BCUT2D eigenvalue weighted by Crippen LogP contribution is 2.23. The summed E-state index contributed by atoms with van der Waals surface area (Å²) in [4.78, 5) is 26.3. The van der Waals surface area contributed by atoms with Crippen LogP contribution >= 0.6 is 0 Å². The first-order valence-electron chi connectivity index (χ1n) is 13.0. The van der Waals surface area contributed by atoms with Gasteiger partial charge in [-0.15, -0.1) is 0 Å². The van der Waals surface area contributed by atoms with Crippen LogP contribution < -0.4 is 15.1 Å². The van der Waals surface area contributed by atoms with Crippen molar-refractivity contribution in [1.29, 1.82) is 0 Å². The van der Waals surface area contributed by atoms with Crippen LogP contribution in [0, 0.1) is 5.82 Å². The van der Waals surface area contributed by atoms with E-state index in [-0.39, 0.29) is 24.9 Å². The lowest BCUT2D eigenvalue weighted by Gasteiger charge is -2.36. The Hall–Kier alpha value is -3.02. The van der Waals surface area contributed by atoms with E-state index in [0.29, 0.717) is 19.8 Å². The van der Waals surface area contributed by atoms with E-state index in [9.17, 15) is 9.18 Å². The first-order chi connectivity index (χ1) is 18.1. The van der Waals surface area contributed by atoms with Gasteiger partial charge in [0, 0.05) is 63.6 Å². The Morgan fingerprint density at radius 3 is 2.62 bits per heavy atom. The molecule has 1 aromatic carbocycles. The minimum atomic E-state index is -0.854. The Morgan fingerprint density at radius 2 is 1.84 bits per heavy atom. The van der Waals surface area contributed by atoms with Crippen molar-refractivity contribution < 1.29 is 23.8 Å². The molecule has 0 spiro atoms. The zero-order chi connectivity index (χ0) is 25.9. The first-order valence-corrected chi connectivity index (χ1v) is 13.0. The zero-order valence-corrected chi connectivity index (χ0v) is 21.2. The van der Waals surface area contributed by atoms with Crippen LogP contribution in [0.25, 0.3) is 0 Å². The van der Waals surface area contributed by atoms with Crippen LogP contribution in [0.3, 0.4) is 0 Å². The molecule has 2 aliphatic heterocycles. The fraction of sp³-hybridized carbons (Fsp3) is 0.577. The average Bonchev–Trinajstić information content (AvgIpc) is 2.91. The Labute approximate surface area is 217 Å². The number of piperazine rings is 1. The lowest BCUT2D eigenvalue weighted by Crippen LogP contribution is -2.47. The summed E-state index contributed by atoms with van der Waals surface area (Å²) in [6.45, 7) is 7.91. The molecule has 2 fully saturated rings. The monoisotopic (exact) mass is 516 g/mol. The molecule has 0 radical (unpaired) electrons. The van der Waals surface area contributed by atoms with Gasteiger partial charge in [-0.25, -0.2) is 14.4 Å². The van der Waals surface area contributed by atoms with Gasteiger partial charge in [0.25, 0.3) is 0 Å². The summed E-state index contributed by atoms with van der Waals surface area (Å²) >= 11 is 0. The summed E-state index contributed by atoms with van der Waals surface area (Å²) in [5, 5.41) is 12.1. The Kier molecular flexibility index (Phi) is 10.3. The minimum Gasteiger partial charge on any atom is -0.481 e. The summed E-state index contributed by atoms with van der Waals surface area (Å²) in [5.74, 6) is 0.676. The van der Waals surface area contributed by atoms with E-state index in [1.54, 1.807) is 18.5 Å². The summed E-state index contributed by atoms with van der Waals surface area (Å²) in [6, 6.07) is 9.04. The van der Waals surface area contributed by atoms with Crippen molar-refractivity contribution in [2.75, 3.05) is 87.4 Å². The third-order valence-electron chi connectivity index (χ3n) is 6.68. The number of carbonyl (C=O) groups is 1. The van der Waals surface area contributed by atoms with Gasteiger partial charge in [-0.05, 0) is 31.0 Å². The van der Waals surface area contributed by atoms with E-state index in [4.69, 9.17) is 14.6 Å². The molecular weight excluding hydrogens is 479 g/mol. The van der Waals surface area contributed by atoms with Gasteiger partial charge < -0.3 is 29.7 Å². The largest absolute Gasteiger partial charge is 0.481 e. The van der Waals surface area contributed by atoms with Gasteiger partial charge in [0.15, 0.2) is 0 Å². The van der Waals surface area contributed by atoms with E-state index in [1.807, 2.05) is 12.1 Å². The molecule has 11 heteroatoms. The normalized spacial score (nSPS) is 18.7. The lowest BCUT2D eigenvalue weighted by molar-refractivity contribution is -0.138. The van der Waals surface area contributed by atoms with Crippen molar-refractivity contribution >= 4 is 23.3 Å². The van der Waals surface area contributed by atoms with Crippen LogP contribution in [-0.4, -0.2) is 104 Å². The molecule has 2 aromatic rings. The maximum atomic E-state index is 13.7. The quantitative estimate of drug-likeness (QED) is 0.386. The lowest BCUT2D eigenvalue weighted by atomic mass is 10.0. The molecule has 2 aliphatic rings. The first kappa shape index (κ1) is 27.0. The summed E-state index contributed by atoms with van der Waals surface area (Å²) in [6.07, 6.45) is 3.71. The van der Waals surface area contributed by atoms with Crippen LogP contribution in [0.5, 0.6) is 0 Å². The number of hydrogen-bond acceptors (Lipinski definition) is 9. The molecular formula is C26H37FN6O4. The summed E-state index contributed by atoms with van der Waals surface area (Å²) in [7, 11) is 0. The molecule has 37 heavy (non-hydrogen) atoms. The molecule has 2 saturated heterocycles. The predicted octanol–water partition coefficient (Wildman–Crippen LogP) is 2.33. The van der Waals surface area contributed by atoms with E-state index < -0.39 is 5.97 Å². The highest BCUT2D eigenvalue weighted by molar-refractivity contribution is 5.66. The number of carboxylic acids is 1. The molecule has 2 N–H and O–H groups in total. The molecule has 202 valence electrons. The number of rotatable bonds is 13. The molecule has 0 amide bonds. The number of benzene rings is 1.